The van der Waals surface area contributed by atoms with Crippen molar-refractivity contribution in [3.8, 4) is 5.75 Å². The summed E-state index contributed by atoms with van der Waals surface area (Å²) in [5, 5.41) is 15.3. The van der Waals surface area contributed by atoms with Crippen molar-refractivity contribution in [2.45, 2.75) is 117 Å². The maximum absolute atomic E-state index is 14.5. The third-order valence-corrected chi connectivity index (χ3v) is 13.0. The van der Waals surface area contributed by atoms with Gasteiger partial charge in [0.25, 0.3) is 5.91 Å². The molecule has 0 saturated carbocycles. The van der Waals surface area contributed by atoms with Crippen molar-refractivity contribution in [2.24, 2.45) is 23.7 Å². The molecule has 4 N–H and O–H groups in total. The molecule has 330 valence electrons. The second-order valence-electron chi connectivity index (χ2n) is 16.3. The molecule has 1 unspecified atom stereocenters. The molecule has 1 aliphatic heterocycles. The fourth-order valence-electron chi connectivity index (χ4n) is 7.56. The summed E-state index contributed by atoms with van der Waals surface area (Å²) in [6.07, 6.45) is 6.22. The Kier molecular flexibility index (Phi) is 21.1. The summed E-state index contributed by atoms with van der Waals surface area (Å²) in [4.78, 5) is 75.5. The third kappa shape index (κ3) is 15.7. The van der Waals surface area contributed by atoms with Gasteiger partial charge in [-0.05, 0) is 81.5 Å². The minimum Gasteiger partial charge on any atom is -0.508 e. The lowest BCUT2D eigenvalue weighted by molar-refractivity contribution is -0.149. The number of Topliss-reactive ketones (excluding diaryl/α,β-unsaturated/α-hetero) is 1. The standard InChI is InChI=1S/C43H68N6O8S2/c1-10-28(4)34(24-38(51)36-13-11-12-18-48(36)7)42(54)49(26-56-8)37(27(2)3)22-30(6)41-45-35(25-59-41)40(53)44-32(23-31-14-16-33(50)17-15-31)21-29(5)39(52)46-47-43(55)57-19-20-58-9/h14-17,25,27-30,32,34,36-37,50H,10-13,18-24,26H2,1-9H3,(H,44,53)(H,46,52)(H,47,55)/t28?,29-,30+,32+,34-,36+,37+/m0/s1. The van der Waals surface area contributed by atoms with Gasteiger partial charge < -0.3 is 24.8 Å². The maximum atomic E-state index is 14.5. The SMILES string of the molecule is CCC(C)[C@H](CC(=O)[C@H]1CCCCN1C)C(=O)N(COC)[C@H](C[C@@H](C)c1nc(C(=O)N[C@@H](Cc2ccc(O)cc2)C[C@H](C)C(=O)NNC(=O)OCCSC)cs1)C(C)C. The molecule has 14 nitrogen and oxygen atoms in total. The number of piperidine rings is 1. The van der Waals surface area contributed by atoms with E-state index < -0.39 is 35.8 Å². The molecule has 2 heterocycles. The zero-order valence-corrected chi connectivity index (χ0v) is 38.1. The number of ketones is 1. The second-order valence-corrected chi connectivity index (χ2v) is 18.2. The number of thiazole rings is 1. The molecule has 4 amide bonds. The Morgan fingerprint density at radius 1 is 1.05 bits per heavy atom. The number of carbonyl (C=O) groups is 5. The lowest BCUT2D eigenvalue weighted by Gasteiger charge is -2.39. The number of nitrogens with zero attached hydrogens (tertiary/aromatic N) is 3. The number of phenolic OH excluding ortho intramolecular Hbond substituents is 1. The van der Waals surface area contributed by atoms with E-state index in [4.69, 9.17) is 14.5 Å². The second kappa shape index (κ2) is 25.1. The highest BCUT2D eigenvalue weighted by atomic mass is 32.2. The average Bonchev–Trinajstić information content (AvgIpc) is 3.72. The predicted molar refractivity (Wildman–Crippen MR) is 233 cm³/mol. The van der Waals surface area contributed by atoms with Crippen molar-refractivity contribution in [1.29, 1.82) is 0 Å². The fraction of sp³-hybridized carbons (Fsp3) is 0.674. The van der Waals surface area contributed by atoms with Gasteiger partial charge in [-0.2, -0.15) is 11.8 Å². The minimum absolute atomic E-state index is 0.00955. The van der Waals surface area contributed by atoms with Gasteiger partial charge in [0.1, 0.15) is 24.8 Å². The van der Waals surface area contributed by atoms with Gasteiger partial charge in [0, 0.05) is 54.5 Å². The zero-order chi connectivity index (χ0) is 43.6. The van der Waals surface area contributed by atoms with Crippen LogP contribution in [-0.4, -0.2) is 114 Å². The molecule has 3 rings (SSSR count). The van der Waals surface area contributed by atoms with Crippen LogP contribution in [0.4, 0.5) is 4.79 Å². The number of carbonyl (C=O) groups excluding carboxylic acids is 5. The minimum atomic E-state index is -0.760. The topological polar surface area (TPSA) is 180 Å². The smallest absolute Gasteiger partial charge is 0.426 e. The summed E-state index contributed by atoms with van der Waals surface area (Å²) < 4.78 is 10.7. The molecule has 16 heteroatoms. The number of hydrogen-bond acceptors (Lipinski definition) is 12. The first-order valence-electron chi connectivity index (χ1n) is 20.9. The lowest BCUT2D eigenvalue weighted by Crippen LogP contribution is -2.50. The first-order valence-corrected chi connectivity index (χ1v) is 23.1. The number of hydrogen-bond donors (Lipinski definition) is 4. The Labute approximate surface area is 359 Å². The van der Waals surface area contributed by atoms with Crippen LogP contribution in [0.1, 0.15) is 113 Å². The molecule has 59 heavy (non-hydrogen) atoms. The van der Waals surface area contributed by atoms with Crippen LogP contribution in [0.15, 0.2) is 29.6 Å². The van der Waals surface area contributed by atoms with Crippen molar-refractivity contribution in [3.05, 3.63) is 45.9 Å². The first kappa shape index (κ1) is 49.6. The van der Waals surface area contributed by atoms with Gasteiger partial charge in [-0.25, -0.2) is 15.2 Å². The van der Waals surface area contributed by atoms with E-state index in [-0.39, 0.29) is 79.2 Å². The number of amides is 4. The number of aromatic hydroxyl groups is 1. The highest BCUT2D eigenvalue weighted by molar-refractivity contribution is 7.98. The summed E-state index contributed by atoms with van der Waals surface area (Å²) in [5.41, 5.74) is 5.75. The summed E-state index contributed by atoms with van der Waals surface area (Å²) >= 11 is 2.91. The van der Waals surface area contributed by atoms with E-state index in [9.17, 15) is 29.1 Å². The van der Waals surface area contributed by atoms with Gasteiger partial charge in [-0.15, -0.1) is 11.3 Å². The first-order chi connectivity index (χ1) is 28.1. The predicted octanol–water partition coefficient (Wildman–Crippen LogP) is 6.39. The number of aromatic nitrogens is 1. The molecular weight excluding hydrogens is 793 g/mol. The third-order valence-electron chi connectivity index (χ3n) is 11.4. The summed E-state index contributed by atoms with van der Waals surface area (Å²) in [7, 11) is 3.58. The molecule has 1 aromatic carbocycles. The number of likely N-dealkylation sites (N-methyl/N-ethyl adjacent to an activating group) is 1. The van der Waals surface area contributed by atoms with Crippen LogP contribution in [0.25, 0.3) is 0 Å². The van der Waals surface area contributed by atoms with Crippen LogP contribution in [0.3, 0.4) is 0 Å². The van der Waals surface area contributed by atoms with Gasteiger partial charge in [0.15, 0.2) is 5.78 Å². The number of thioether (sulfide) groups is 1. The molecular formula is C43H68N6O8S2. The highest BCUT2D eigenvalue weighted by Gasteiger charge is 2.38. The van der Waals surface area contributed by atoms with Crippen LogP contribution >= 0.6 is 23.1 Å². The van der Waals surface area contributed by atoms with Gasteiger partial charge in [-0.3, -0.25) is 29.5 Å². The van der Waals surface area contributed by atoms with E-state index in [0.29, 0.717) is 18.6 Å². The largest absolute Gasteiger partial charge is 0.508 e. The Balaban J connectivity index is 1.75. The number of likely N-dealkylation sites (tertiary alicyclic amines) is 1. The van der Waals surface area contributed by atoms with Crippen molar-refractivity contribution in [3.63, 3.8) is 0 Å². The van der Waals surface area contributed by atoms with E-state index in [1.54, 1.807) is 43.7 Å². The van der Waals surface area contributed by atoms with Crippen LogP contribution in [-0.2, 0) is 30.3 Å². The van der Waals surface area contributed by atoms with E-state index in [0.717, 1.165) is 42.8 Å². The highest BCUT2D eigenvalue weighted by Crippen LogP contribution is 2.32. The molecule has 1 saturated heterocycles. The lowest BCUT2D eigenvalue weighted by atomic mass is 9.82. The van der Waals surface area contributed by atoms with Crippen LogP contribution in [0, 0.1) is 23.7 Å². The zero-order valence-electron chi connectivity index (χ0n) is 36.5. The normalized spacial score (nSPS) is 17.6. The van der Waals surface area contributed by atoms with Crippen molar-refractivity contribution in [2.75, 3.05) is 46.0 Å². The summed E-state index contributed by atoms with van der Waals surface area (Å²) in [5.74, 6) is -1.14. The molecule has 7 atom stereocenters. The number of nitrogens with one attached hydrogen (secondary N) is 3. The average molecular weight is 861 g/mol. The van der Waals surface area contributed by atoms with Crippen molar-refractivity contribution < 1.29 is 38.6 Å². The van der Waals surface area contributed by atoms with Gasteiger partial charge >= 0.3 is 6.09 Å². The van der Waals surface area contributed by atoms with E-state index in [1.165, 1.54) is 23.1 Å². The quantitative estimate of drug-likeness (QED) is 0.0553. The molecule has 2 aromatic rings. The Morgan fingerprint density at radius 3 is 2.39 bits per heavy atom. The number of phenols is 1. The van der Waals surface area contributed by atoms with Crippen molar-refractivity contribution in [1.82, 2.24) is 31.0 Å². The number of methoxy groups -OCH3 is 1. The molecule has 1 aliphatic rings. The monoisotopic (exact) mass is 860 g/mol. The van der Waals surface area contributed by atoms with Crippen LogP contribution in [0.5, 0.6) is 5.75 Å². The number of ether oxygens (including phenoxy) is 2. The van der Waals surface area contributed by atoms with Crippen LogP contribution in [0.2, 0.25) is 0 Å². The van der Waals surface area contributed by atoms with Gasteiger partial charge in [0.05, 0.1) is 11.0 Å². The van der Waals surface area contributed by atoms with E-state index >= 15 is 0 Å². The molecule has 1 fully saturated rings. The fourth-order valence-corrected chi connectivity index (χ4v) is 8.68. The molecule has 0 bridgehead atoms. The van der Waals surface area contributed by atoms with Gasteiger partial charge in [-0.1, -0.05) is 66.5 Å². The Bertz CT molecular complexity index is 1640. The van der Waals surface area contributed by atoms with Crippen molar-refractivity contribution >= 4 is 52.7 Å². The maximum Gasteiger partial charge on any atom is 0.426 e. The molecule has 0 spiro atoms. The molecule has 0 aliphatic carbocycles. The number of rotatable bonds is 23. The Hall–Kier alpha value is -3.73. The number of benzene rings is 1. The summed E-state index contributed by atoms with van der Waals surface area (Å²) in [6, 6.07) is 5.79. The Morgan fingerprint density at radius 2 is 1.76 bits per heavy atom. The van der Waals surface area contributed by atoms with E-state index in [1.807, 2.05) is 25.1 Å². The molecule has 0 radical (unpaired) electrons. The number of hydrazine groups is 1. The summed E-state index contributed by atoms with van der Waals surface area (Å²) in [6.45, 7) is 13.2. The van der Waals surface area contributed by atoms with Crippen LogP contribution < -0.4 is 16.2 Å². The van der Waals surface area contributed by atoms with Gasteiger partial charge in [0.2, 0.25) is 11.8 Å². The van der Waals surface area contributed by atoms with E-state index in [2.05, 4.69) is 48.8 Å². The molecule has 1 aromatic heterocycles.